The minimum Gasteiger partial charge on any atom is -0.366 e. The number of rotatable bonds is 3. The Morgan fingerprint density at radius 3 is 2.81 bits per heavy atom. The zero-order valence-electron chi connectivity index (χ0n) is 14.3. The van der Waals surface area contributed by atoms with Gasteiger partial charge in [-0.2, -0.15) is 5.10 Å². The van der Waals surface area contributed by atoms with Crippen LogP contribution in [0.25, 0.3) is 0 Å². The Morgan fingerprint density at radius 1 is 1.31 bits per heavy atom. The highest BCUT2D eigenvalue weighted by Crippen LogP contribution is 2.32. The minimum absolute atomic E-state index is 0.150. The van der Waals surface area contributed by atoms with Gasteiger partial charge in [-0.15, -0.1) is 0 Å². The van der Waals surface area contributed by atoms with Gasteiger partial charge in [-0.1, -0.05) is 6.92 Å². The number of pyridine rings is 1. The van der Waals surface area contributed by atoms with Crippen molar-refractivity contribution in [1.29, 1.82) is 0 Å². The molecule has 3 rings (SSSR count). The van der Waals surface area contributed by atoms with Crippen molar-refractivity contribution in [2.45, 2.75) is 25.8 Å². The van der Waals surface area contributed by atoms with Crippen molar-refractivity contribution in [3.63, 3.8) is 0 Å². The molecule has 0 radical (unpaired) electrons. The lowest BCUT2D eigenvalue weighted by Crippen LogP contribution is -2.46. The second kappa shape index (κ2) is 7.34. The molecular weight excluding hydrogens is 336 g/mol. The van der Waals surface area contributed by atoms with Crippen LogP contribution in [0.2, 0.25) is 0 Å². The van der Waals surface area contributed by atoms with E-state index in [1.807, 2.05) is 6.92 Å². The normalized spacial score (nSPS) is 19.8. The molecule has 0 aromatic carbocycles. The third-order valence-electron chi connectivity index (χ3n) is 4.43. The van der Waals surface area contributed by atoms with Crippen LogP contribution in [0.4, 0.5) is 5.69 Å². The van der Waals surface area contributed by atoms with Gasteiger partial charge in [-0.05, 0) is 30.9 Å². The third kappa shape index (κ3) is 3.71. The van der Waals surface area contributed by atoms with Crippen LogP contribution in [-0.4, -0.2) is 44.3 Å². The average molecular weight is 356 g/mol. The number of nitrogens with one attached hydrogen (secondary N) is 2. The van der Waals surface area contributed by atoms with Crippen LogP contribution in [0.5, 0.6) is 0 Å². The van der Waals surface area contributed by atoms with Gasteiger partial charge in [0.15, 0.2) is 0 Å². The molecule has 9 nitrogen and oxygen atoms in total. The average Bonchev–Trinajstić information content (AvgIpc) is 3.15. The Morgan fingerprint density at radius 2 is 2.12 bits per heavy atom. The van der Waals surface area contributed by atoms with Gasteiger partial charge in [0.2, 0.25) is 5.91 Å². The van der Waals surface area contributed by atoms with Crippen molar-refractivity contribution in [3.8, 4) is 0 Å². The molecular formula is C17H20N6O3. The summed E-state index contributed by atoms with van der Waals surface area (Å²) < 4.78 is 0. The summed E-state index contributed by atoms with van der Waals surface area (Å²) in [7, 11) is 0. The molecule has 1 aliphatic rings. The molecule has 1 aliphatic heterocycles. The van der Waals surface area contributed by atoms with Gasteiger partial charge < -0.3 is 16.0 Å². The standard InChI is InChI=1S/C17H20N6O3/c1-10-2-3-14(13-4-5-20-22-13)23(9-10)17(26)16(25)21-12-6-11(15(18)24)7-19-8-12/h4-8,10,14H,2-3,9H2,1H3,(H2,18,24)(H,20,22)(H,21,25)/t10-,14+/m1/s1. The lowest BCUT2D eigenvalue weighted by molar-refractivity contribution is -0.146. The number of anilines is 1. The quantitative estimate of drug-likeness (QED) is 0.701. The van der Waals surface area contributed by atoms with Crippen molar-refractivity contribution in [2.75, 3.05) is 11.9 Å². The molecule has 2 atom stereocenters. The number of piperidine rings is 1. The monoisotopic (exact) mass is 356 g/mol. The lowest BCUT2D eigenvalue weighted by atomic mass is 9.92. The molecule has 1 saturated heterocycles. The first-order chi connectivity index (χ1) is 12.5. The Hall–Kier alpha value is -3.23. The summed E-state index contributed by atoms with van der Waals surface area (Å²) in [4.78, 5) is 41.8. The molecule has 26 heavy (non-hydrogen) atoms. The van der Waals surface area contributed by atoms with Crippen LogP contribution >= 0.6 is 0 Å². The van der Waals surface area contributed by atoms with E-state index in [0.717, 1.165) is 18.5 Å². The van der Waals surface area contributed by atoms with Crippen molar-refractivity contribution < 1.29 is 14.4 Å². The summed E-state index contributed by atoms with van der Waals surface area (Å²) in [5.74, 6) is -1.79. The van der Waals surface area contributed by atoms with E-state index in [2.05, 4.69) is 20.5 Å². The summed E-state index contributed by atoms with van der Waals surface area (Å²) in [6, 6.07) is 2.96. The Bertz CT molecular complexity index is 820. The molecule has 0 bridgehead atoms. The number of hydrogen-bond acceptors (Lipinski definition) is 5. The van der Waals surface area contributed by atoms with Gasteiger partial charge in [0.05, 0.1) is 29.2 Å². The molecule has 4 N–H and O–H groups in total. The number of nitrogens with zero attached hydrogens (tertiary/aromatic N) is 3. The molecule has 0 aliphatic carbocycles. The molecule has 9 heteroatoms. The van der Waals surface area contributed by atoms with E-state index >= 15 is 0 Å². The number of likely N-dealkylation sites (tertiary alicyclic amines) is 1. The second-order valence-electron chi connectivity index (χ2n) is 6.45. The number of primary amides is 1. The predicted octanol–water partition coefficient (Wildman–Crippen LogP) is 0.842. The van der Waals surface area contributed by atoms with Crippen LogP contribution in [-0.2, 0) is 9.59 Å². The third-order valence-corrected chi connectivity index (χ3v) is 4.43. The molecule has 2 aromatic rings. The molecule has 0 unspecified atom stereocenters. The highest BCUT2D eigenvalue weighted by molar-refractivity contribution is 6.39. The van der Waals surface area contributed by atoms with Gasteiger partial charge in [-0.3, -0.25) is 24.5 Å². The van der Waals surface area contributed by atoms with Crippen molar-refractivity contribution in [3.05, 3.63) is 42.0 Å². The van der Waals surface area contributed by atoms with E-state index in [1.54, 1.807) is 17.2 Å². The number of carbonyl (C=O) groups is 3. The topological polar surface area (TPSA) is 134 Å². The largest absolute Gasteiger partial charge is 0.366 e. The van der Waals surface area contributed by atoms with Crippen molar-refractivity contribution >= 4 is 23.4 Å². The number of hydrogen-bond donors (Lipinski definition) is 3. The number of carbonyl (C=O) groups excluding carboxylic acids is 3. The van der Waals surface area contributed by atoms with Gasteiger partial charge >= 0.3 is 11.8 Å². The van der Waals surface area contributed by atoms with E-state index in [9.17, 15) is 14.4 Å². The summed E-state index contributed by atoms with van der Waals surface area (Å²) in [6.45, 7) is 2.52. The molecule has 0 spiro atoms. The molecule has 0 saturated carbocycles. The summed E-state index contributed by atoms with van der Waals surface area (Å²) in [5, 5.41) is 9.30. The van der Waals surface area contributed by atoms with Gasteiger partial charge in [0.25, 0.3) is 0 Å². The van der Waals surface area contributed by atoms with Crippen LogP contribution in [0.3, 0.4) is 0 Å². The minimum atomic E-state index is -0.785. The van der Waals surface area contributed by atoms with Gasteiger partial charge in [0, 0.05) is 18.9 Å². The number of amides is 3. The lowest BCUT2D eigenvalue weighted by Gasteiger charge is -2.37. The predicted molar refractivity (Wildman–Crippen MR) is 92.8 cm³/mol. The van der Waals surface area contributed by atoms with E-state index in [4.69, 9.17) is 5.73 Å². The van der Waals surface area contributed by atoms with Crippen molar-refractivity contribution in [2.24, 2.45) is 11.7 Å². The van der Waals surface area contributed by atoms with E-state index in [0.29, 0.717) is 12.5 Å². The zero-order chi connectivity index (χ0) is 18.7. The molecule has 136 valence electrons. The number of aromatic nitrogens is 3. The first-order valence-electron chi connectivity index (χ1n) is 8.31. The molecule has 3 heterocycles. The zero-order valence-corrected chi connectivity index (χ0v) is 14.3. The maximum absolute atomic E-state index is 12.7. The fourth-order valence-electron chi connectivity index (χ4n) is 3.11. The molecule has 2 aromatic heterocycles. The molecule has 3 amide bonds. The fourth-order valence-corrected chi connectivity index (χ4v) is 3.11. The Balaban J connectivity index is 1.76. The summed E-state index contributed by atoms with van der Waals surface area (Å²) >= 11 is 0. The summed E-state index contributed by atoms with van der Waals surface area (Å²) in [6.07, 6.45) is 5.97. The summed E-state index contributed by atoms with van der Waals surface area (Å²) in [5.41, 5.74) is 6.39. The maximum Gasteiger partial charge on any atom is 0.313 e. The molecule has 1 fully saturated rings. The second-order valence-corrected chi connectivity index (χ2v) is 6.45. The SMILES string of the molecule is C[C@@H]1CC[C@@H](c2ccn[nH]2)N(C(=O)C(=O)Nc2cncc(C(N)=O)c2)C1. The first kappa shape index (κ1) is 17.6. The van der Waals surface area contributed by atoms with Crippen LogP contribution in [0.15, 0.2) is 30.7 Å². The van der Waals surface area contributed by atoms with Crippen LogP contribution < -0.4 is 11.1 Å². The van der Waals surface area contributed by atoms with Crippen LogP contribution in [0, 0.1) is 5.92 Å². The Labute approximate surface area is 150 Å². The van der Waals surface area contributed by atoms with Gasteiger partial charge in [0.1, 0.15) is 0 Å². The number of nitrogens with two attached hydrogens (primary N) is 1. The van der Waals surface area contributed by atoms with Crippen LogP contribution in [0.1, 0.15) is 41.9 Å². The Kier molecular flexibility index (Phi) is 4.97. The highest BCUT2D eigenvalue weighted by atomic mass is 16.2. The van der Waals surface area contributed by atoms with E-state index < -0.39 is 17.7 Å². The fraction of sp³-hybridized carbons (Fsp3) is 0.353. The maximum atomic E-state index is 12.7. The first-order valence-corrected chi connectivity index (χ1v) is 8.31. The van der Waals surface area contributed by atoms with Crippen molar-refractivity contribution in [1.82, 2.24) is 20.1 Å². The van der Waals surface area contributed by atoms with E-state index in [-0.39, 0.29) is 17.3 Å². The smallest absolute Gasteiger partial charge is 0.313 e. The van der Waals surface area contributed by atoms with E-state index in [1.165, 1.54) is 18.5 Å². The van der Waals surface area contributed by atoms with Gasteiger partial charge in [-0.25, -0.2) is 0 Å². The number of H-pyrrole nitrogens is 1. The highest BCUT2D eigenvalue weighted by Gasteiger charge is 2.34. The number of aromatic amines is 1.